The summed E-state index contributed by atoms with van der Waals surface area (Å²) in [5.74, 6) is 0.886. The third kappa shape index (κ3) is 2.82. The molecule has 1 unspecified atom stereocenters. The Labute approximate surface area is 159 Å². The number of rotatable bonds is 3. The van der Waals surface area contributed by atoms with E-state index in [0.29, 0.717) is 13.1 Å². The van der Waals surface area contributed by atoms with Crippen LogP contribution in [0, 0.1) is 0 Å². The Morgan fingerprint density at radius 1 is 1.08 bits per heavy atom. The minimum Gasteiger partial charge on any atom is -0.339 e. The van der Waals surface area contributed by atoms with Crippen molar-refractivity contribution in [2.45, 2.75) is 30.2 Å². The SMILES string of the molecule is O=S(c1cccc2nsnc12)N1CCN=C1N1CCN(C2CCC2)CC1. The van der Waals surface area contributed by atoms with Crippen molar-refractivity contribution < 1.29 is 4.21 Å². The fourth-order valence-corrected chi connectivity index (χ4v) is 5.84. The number of hydrogen-bond donors (Lipinski definition) is 0. The number of aliphatic imine (C=N–C) groups is 1. The molecule has 0 bridgehead atoms. The van der Waals surface area contributed by atoms with Crippen LogP contribution < -0.4 is 0 Å². The van der Waals surface area contributed by atoms with E-state index in [1.807, 2.05) is 22.5 Å². The number of guanidine groups is 1. The number of hydrogen-bond acceptors (Lipinski definition) is 7. The van der Waals surface area contributed by atoms with Crippen LogP contribution in [0.25, 0.3) is 11.0 Å². The topological polar surface area (TPSA) is 64.9 Å². The summed E-state index contributed by atoms with van der Waals surface area (Å²) in [6.07, 6.45) is 4.08. The largest absolute Gasteiger partial charge is 0.339 e. The van der Waals surface area contributed by atoms with E-state index in [1.54, 1.807) is 0 Å². The van der Waals surface area contributed by atoms with Crippen molar-refractivity contribution in [1.29, 1.82) is 0 Å². The van der Waals surface area contributed by atoms with Gasteiger partial charge in [-0.05, 0) is 25.0 Å². The maximum Gasteiger partial charge on any atom is 0.209 e. The number of fused-ring (bicyclic) bond motifs is 1. The smallest absolute Gasteiger partial charge is 0.209 e. The second-order valence-electron chi connectivity index (χ2n) is 7.03. The van der Waals surface area contributed by atoms with Gasteiger partial charge >= 0.3 is 0 Å². The summed E-state index contributed by atoms with van der Waals surface area (Å²) in [6.45, 7) is 5.48. The number of piperazine rings is 1. The zero-order chi connectivity index (χ0) is 17.5. The maximum atomic E-state index is 13.3. The summed E-state index contributed by atoms with van der Waals surface area (Å²) in [5, 5.41) is 0. The molecule has 0 radical (unpaired) electrons. The van der Waals surface area contributed by atoms with Crippen molar-refractivity contribution >= 4 is 39.7 Å². The molecule has 1 atom stereocenters. The lowest BCUT2D eigenvalue weighted by Gasteiger charge is -2.44. The van der Waals surface area contributed by atoms with Gasteiger partial charge in [-0.1, -0.05) is 12.5 Å². The maximum absolute atomic E-state index is 13.3. The zero-order valence-corrected chi connectivity index (χ0v) is 16.2. The van der Waals surface area contributed by atoms with Gasteiger partial charge in [0.15, 0.2) is 11.0 Å². The van der Waals surface area contributed by atoms with Gasteiger partial charge in [0.1, 0.15) is 11.0 Å². The Morgan fingerprint density at radius 2 is 1.92 bits per heavy atom. The van der Waals surface area contributed by atoms with Crippen molar-refractivity contribution in [2.75, 3.05) is 39.3 Å². The van der Waals surface area contributed by atoms with Crippen LogP contribution in [0.4, 0.5) is 0 Å². The lowest BCUT2D eigenvalue weighted by Crippen LogP contribution is -2.55. The highest BCUT2D eigenvalue weighted by Gasteiger charge is 2.33. The van der Waals surface area contributed by atoms with Crippen molar-refractivity contribution in [3.05, 3.63) is 18.2 Å². The summed E-state index contributed by atoms with van der Waals surface area (Å²) in [5.41, 5.74) is 1.56. The van der Waals surface area contributed by atoms with Crippen LogP contribution in [0.2, 0.25) is 0 Å². The van der Waals surface area contributed by atoms with Gasteiger partial charge in [-0.3, -0.25) is 14.2 Å². The number of aromatic nitrogens is 2. The van der Waals surface area contributed by atoms with E-state index >= 15 is 0 Å². The predicted molar refractivity (Wildman–Crippen MR) is 104 cm³/mol. The summed E-state index contributed by atoms with van der Waals surface area (Å²) in [6, 6.07) is 6.51. The average Bonchev–Trinajstić information content (AvgIpc) is 3.29. The van der Waals surface area contributed by atoms with E-state index in [2.05, 4.69) is 23.5 Å². The number of benzene rings is 1. The second-order valence-corrected chi connectivity index (χ2v) is 8.94. The highest BCUT2D eigenvalue weighted by Crippen LogP contribution is 2.27. The van der Waals surface area contributed by atoms with Gasteiger partial charge in [0.25, 0.3) is 0 Å². The molecule has 1 saturated carbocycles. The third-order valence-electron chi connectivity index (χ3n) is 5.60. The first-order valence-electron chi connectivity index (χ1n) is 9.25. The van der Waals surface area contributed by atoms with E-state index in [9.17, 15) is 4.21 Å². The highest BCUT2D eigenvalue weighted by molar-refractivity contribution is 7.83. The molecule has 1 saturated heterocycles. The van der Waals surface area contributed by atoms with Gasteiger partial charge in [-0.25, -0.2) is 4.21 Å². The van der Waals surface area contributed by atoms with E-state index in [0.717, 1.165) is 54.1 Å². The standard InChI is InChI=1S/C17H22N6OS2/c24-26(15-6-2-5-14-16(15)20-25-19-14)23-8-7-18-17(23)22-11-9-21(10-12-22)13-3-1-4-13/h2,5-6,13H,1,3-4,7-12H2. The molecule has 1 aromatic heterocycles. The van der Waals surface area contributed by atoms with Crippen molar-refractivity contribution in [3.8, 4) is 0 Å². The lowest BCUT2D eigenvalue weighted by molar-refractivity contribution is 0.0834. The van der Waals surface area contributed by atoms with Crippen LogP contribution in [-0.4, -0.2) is 78.3 Å². The highest BCUT2D eigenvalue weighted by atomic mass is 32.2. The van der Waals surface area contributed by atoms with E-state index in [-0.39, 0.29) is 0 Å². The molecular formula is C17H22N6OS2. The summed E-state index contributed by atoms with van der Waals surface area (Å²) in [4.78, 5) is 10.3. The molecule has 5 rings (SSSR count). The van der Waals surface area contributed by atoms with Crippen LogP contribution >= 0.6 is 11.7 Å². The fraction of sp³-hybridized carbons (Fsp3) is 0.588. The van der Waals surface area contributed by atoms with Crippen LogP contribution in [0.3, 0.4) is 0 Å². The second kappa shape index (κ2) is 6.86. The normalized spacial score (nSPS) is 23.3. The first kappa shape index (κ1) is 16.6. The summed E-state index contributed by atoms with van der Waals surface area (Å²) < 4.78 is 23.8. The van der Waals surface area contributed by atoms with Gasteiger partial charge in [-0.2, -0.15) is 8.75 Å². The average molecular weight is 391 g/mol. The van der Waals surface area contributed by atoms with Gasteiger partial charge < -0.3 is 4.90 Å². The van der Waals surface area contributed by atoms with E-state index < -0.39 is 11.0 Å². The van der Waals surface area contributed by atoms with E-state index in [4.69, 9.17) is 0 Å². The molecule has 0 N–H and O–H groups in total. The minimum atomic E-state index is -1.30. The summed E-state index contributed by atoms with van der Waals surface area (Å²) >= 11 is 1.17. The first-order chi connectivity index (χ1) is 12.8. The minimum absolute atomic E-state index is 0.693. The monoisotopic (exact) mass is 390 g/mol. The van der Waals surface area contributed by atoms with Crippen molar-refractivity contribution in [1.82, 2.24) is 22.9 Å². The van der Waals surface area contributed by atoms with Crippen LogP contribution in [-0.2, 0) is 11.0 Å². The Bertz CT molecular complexity index is 856. The van der Waals surface area contributed by atoms with Crippen molar-refractivity contribution in [2.24, 2.45) is 4.99 Å². The molecule has 3 heterocycles. The Hall–Kier alpha value is -1.58. The molecule has 9 heteroatoms. The quantitative estimate of drug-likeness (QED) is 0.796. The Kier molecular flexibility index (Phi) is 4.38. The number of nitrogens with zero attached hydrogens (tertiary/aromatic N) is 6. The lowest BCUT2D eigenvalue weighted by atomic mass is 9.91. The molecule has 7 nitrogen and oxygen atoms in total. The Balaban J connectivity index is 1.33. The molecule has 0 spiro atoms. The first-order valence-corrected chi connectivity index (χ1v) is 11.1. The molecule has 1 aromatic carbocycles. The molecule has 2 aromatic rings. The molecule has 0 amide bonds. The molecule has 26 heavy (non-hydrogen) atoms. The molecular weight excluding hydrogens is 368 g/mol. The van der Waals surface area contributed by atoms with Crippen LogP contribution in [0.15, 0.2) is 28.1 Å². The zero-order valence-electron chi connectivity index (χ0n) is 14.6. The van der Waals surface area contributed by atoms with Crippen LogP contribution in [0.5, 0.6) is 0 Å². The van der Waals surface area contributed by atoms with Crippen LogP contribution in [0.1, 0.15) is 19.3 Å². The van der Waals surface area contributed by atoms with Crippen molar-refractivity contribution in [3.63, 3.8) is 0 Å². The Morgan fingerprint density at radius 3 is 2.69 bits per heavy atom. The van der Waals surface area contributed by atoms with E-state index in [1.165, 1.54) is 31.0 Å². The molecule has 2 aliphatic heterocycles. The molecule has 1 aliphatic carbocycles. The van der Waals surface area contributed by atoms with Gasteiger partial charge in [0.05, 0.1) is 29.7 Å². The van der Waals surface area contributed by atoms with Gasteiger partial charge in [0, 0.05) is 32.2 Å². The van der Waals surface area contributed by atoms with Gasteiger partial charge in [-0.15, -0.1) is 0 Å². The molecule has 2 fully saturated rings. The third-order valence-corrected chi connectivity index (χ3v) is 7.60. The molecule has 138 valence electrons. The predicted octanol–water partition coefficient (Wildman–Crippen LogP) is 1.56. The summed E-state index contributed by atoms with van der Waals surface area (Å²) in [7, 11) is -1.30. The fourth-order valence-electron chi connectivity index (χ4n) is 3.91. The van der Waals surface area contributed by atoms with Gasteiger partial charge in [0.2, 0.25) is 5.96 Å². The molecule has 3 aliphatic rings.